The molecule has 0 bridgehead atoms. The number of hydrogen-bond acceptors (Lipinski definition) is 2. The zero-order valence-corrected chi connectivity index (χ0v) is 11.4. The molecule has 0 fully saturated rings. The maximum Gasteiger partial charge on any atom is 0.143 e. The van der Waals surface area contributed by atoms with E-state index in [1.807, 2.05) is 6.07 Å². The second-order valence-electron chi connectivity index (χ2n) is 3.53. The normalized spacial score (nSPS) is 12.5. The highest BCUT2D eigenvalue weighted by atomic mass is 79.9. The van der Waals surface area contributed by atoms with Crippen molar-refractivity contribution in [2.75, 3.05) is 5.32 Å². The predicted octanol–water partition coefficient (Wildman–Crippen LogP) is 4.49. The zero-order chi connectivity index (χ0) is 11.3. The molecule has 4 heteroatoms. The van der Waals surface area contributed by atoms with Gasteiger partial charge >= 0.3 is 0 Å². The van der Waals surface area contributed by atoms with Gasteiger partial charge in [0.1, 0.15) is 5.15 Å². The number of pyridine rings is 1. The van der Waals surface area contributed by atoms with Crippen LogP contribution in [0.2, 0.25) is 5.15 Å². The molecule has 0 radical (unpaired) electrons. The summed E-state index contributed by atoms with van der Waals surface area (Å²) >= 11 is 9.19. The standard InChI is InChI=1S/C11H16BrClN2/c1-3-5-8(4-2)15-9-6-10(12)11(13)14-7-9/h6-8,15H,3-5H2,1-2H3. The lowest BCUT2D eigenvalue weighted by molar-refractivity contribution is 0.622. The fourth-order valence-electron chi connectivity index (χ4n) is 1.46. The van der Waals surface area contributed by atoms with Gasteiger partial charge in [-0.2, -0.15) is 0 Å². The van der Waals surface area contributed by atoms with Gasteiger partial charge in [-0.25, -0.2) is 4.98 Å². The van der Waals surface area contributed by atoms with Gasteiger partial charge in [0.05, 0.1) is 16.4 Å². The van der Waals surface area contributed by atoms with Crippen LogP contribution in [0.25, 0.3) is 0 Å². The highest BCUT2D eigenvalue weighted by Gasteiger charge is 2.06. The minimum Gasteiger partial charge on any atom is -0.381 e. The summed E-state index contributed by atoms with van der Waals surface area (Å²) in [5.74, 6) is 0. The van der Waals surface area contributed by atoms with Gasteiger partial charge in [-0.1, -0.05) is 31.9 Å². The number of halogens is 2. The van der Waals surface area contributed by atoms with Crippen molar-refractivity contribution in [1.29, 1.82) is 0 Å². The van der Waals surface area contributed by atoms with Crippen molar-refractivity contribution in [2.45, 2.75) is 39.2 Å². The molecule has 0 aliphatic heterocycles. The lowest BCUT2D eigenvalue weighted by Gasteiger charge is -2.17. The average Bonchev–Trinajstić information content (AvgIpc) is 2.23. The van der Waals surface area contributed by atoms with E-state index >= 15 is 0 Å². The molecule has 84 valence electrons. The Kier molecular flexibility index (Phi) is 5.40. The largest absolute Gasteiger partial charge is 0.381 e. The fraction of sp³-hybridized carbons (Fsp3) is 0.545. The van der Waals surface area contributed by atoms with Crippen LogP contribution in [-0.2, 0) is 0 Å². The molecule has 1 heterocycles. The lowest BCUT2D eigenvalue weighted by atomic mass is 10.1. The Bertz CT molecular complexity index is 317. The van der Waals surface area contributed by atoms with Gasteiger partial charge < -0.3 is 5.32 Å². The van der Waals surface area contributed by atoms with E-state index in [0.717, 1.165) is 16.6 Å². The van der Waals surface area contributed by atoms with Gasteiger partial charge in [0.25, 0.3) is 0 Å². The first-order chi connectivity index (χ1) is 7.17. The van der Waals surface area contributed by atoms with Crippen LogP contribution in [0.4, 0.5) is 5.69 Å². The first-order valence-electron chi connectivity index (χ1n) is 5.25. The van der Waals surface area contributed by atoms with Crippen molar-refractivity contribution in [3.8, 4) is 0 Å². The van der Waals surface area contributed by atoms with E-state index in [-0.39, 0.29) is 0 Å². The molecule has 0 aromatic carbocycles. The highest BCUT2D eigenvalue weighted by Crippen LogP contribution is 2.23. The molecule has 1 atom stereocenters. The first-order valence-corrected chi connectivity index (χ1v) is 6.42. The molecular formula is C11H16BrClN2. The second-order valence-corrected chi connectivity index (χ2v) is 4.75. The summed E-state index contributed by atoms with van der Waals surface area (Å²) in [6.45, 7) is 4.38. The summed E-state index contributed by atoms with van der Waals surface area (Å²) in [6.07, 6.45) is 5.25. The Balaban J connectivity index is 2.66. The number of nitrogens with one attached hydrogen (secondary N) is 1. The number of hydrogen-bond donors (Lipinski definition) is 1. The SMILES string of the molecule is CCCC(CC)Nc1cnc(Cl)c(Br)c1. The monoisotopic (exact) mass is 290 g/mol. The van der Waals surface area contributed by atoms with Crippen molar-refractivity contribution in [3.05, 3.63) is 21.9 Å². The Morgan fingerprint density at radius 1 is 1.53 bits per heavy atom. The molecule has 0 aliphatic carbocycles. The smallest absolute Gasteiger partial charge is 0.143 e. The molecule has 1 rings (SSSR count). The van der Waals surface area contributed by atoms with Crippen LogP contribution in [0.1, 0.15) is 33.1 Å². The van der Waals surface area contributed by atoms with Crippen LogP contribution >= 0.6 is 27.5 Å². The first kappa shape index (κ1) is 12.8. The molecule has 1 aromatic heterocycles. The van der Waals surface area contributed by atoms with E-state index in [2.05, 4.69) is 40.1 Å². The number of nitrogens with zero attached hydrogens (tertiary/aromatic N) is 1. The molecule has 0 spiro atoms. The van der Waals surface area contributed by atoms with E-state index in [9.17, 15) is 0 Å². The zero-order valence-electron chi connectivity index (χ0n) is 9.06. The van der Waals surface area contributed by atoms with Crippen LogP contribution in [0.15, 0.2) is 16.7 Å². The van der Waals surface area contributed by atoms with Gasteiger partial charge in [0.15, 0.2) is 0 Å². The number of rotatable bonds is 5. The molecule has 1 aromatic rings. The van der Waals surface area contributed by atoms with Gasteiger partial charge in [0.2, 0.25) is 0 Å². The molecule has 0 aliphatic rings. The van der Waals surface area contributed by atoms with Crippen molar-refractivity contribution in [2.24, 2.45) is 0 Å². The summed E-state index contributed by atoms with van der Waals surface area (Å²) in [5, 5.41) is 3.95. The van der Waals surface area contributed by atoms with Gasteiger partial charge in [-0.15, -0.1) is 0 Å². The molecule has 2 nitrogen and oxygen atoms in total. The topological polar surface area (TPSA) is 24.9 Å². The molecule has 0 saturated heterocycles. The van der Waals surface area contributed by atoms with E-state index < -0.39 is 0 Å². The van der Waals surface area contributed by atoms with Crippen molar-refractivity contribution in [1.82, 2.24) is 4.98 Å². The third-order valence-corrected chi connectivity index (χ3v) is 3.43. The summed E-state index contributed by atoms with van der Waals surface area (Å²) in [7, 11) is 0. The molecule has 0 amide bonds. The fourth-order valence-corrected chi connectivity index (χ4v) is 1.92. The number of aromatic nitrogens is 1. The summed E-state index contributed by atoms with van der Waals surface area (Å²) < 4.78 is 0.834. The Hall–Kier alpha value is -0.280. The average molecular weight is 292 g/mol. The molecule has 15 heavy (non-hydrogen) atoms. The third-order valence-electron chi connectivity index (χ3n) is 2.30. The molecule has 1 unspecified atom stereocenters. The van der Waals surface area contributed by atoms with Crippen LogP contribution in [-0.4, -0.2) is 11.0 Å². The highest BCUT2D eigenvalue weighted by molar-refractivity contribution is 9.10. The van der Waals surface area contributed by atoms with Crippen molar-refractivity contribution in [3.63, 3.8) is 0 Å². The maximum atomic E-state index is 5.83. The van der Waals surface area contributed by atoms with Crippen LogP contribution in [0.3, 0.4) is 0 Å². The Morgan fingerprint density at radius 2 is 2.27 bits per heavy atom. The van der Waals surface area contributed by atoms with E-state index in [0.29, 0.717) is 11.2 Å². The lowest BCUT2D eigenvalue weighted by Crippen LogP contribution is -2.17. The van der Waals surface area contributed by atoms with Gasteiger partial charge in [0, 0.05) is 6.04 Å². The minimum atomic E-state index is 0.504. The Morgan fingerprint density at radius 3 is 2.80 bits per heavy atom. The minimum absolute atomic E-state index is 0.504. The van der Waals surface area contributed by atoms with Crippen LogP contribution in [0, 0.1) is 0 Å². The molecule has 1 N–H and O–H groups in total. The second kappa shape index (κ2) is 6.33. The van der Waals surface area contributed by atoms with E-state index in [1.165, 1.54) is 12.8 Å². The summed E-state index contributed by atoms with van der Waals surface area (Å²) in [4.78, 5) is 4.08. The van der Waals surface area contributed by atoms with E-state index in [1.54, 1.807) is 6.20 Å². The van der Waals surface area contributed by atoms with Crippen LogP contribution in [0.5, 0.6) is 0 Å². The molecular weight excluding hydrogens is 275 g/mol. The third kappa shape index (κ3) is 3.99. The Labute approximate surface area is 105 Å². The van der Waals surface area contributed by atoms with E-state index in [4.69, 9.17) is 11.6 Å². The molecule has 0 saturated carbocycles. The van der Waals surface area contributed by atoms with Gasteiger partial charge in [-0.05, 0) is 34.8 Å². The maximum absolute atomic E-state index is 5.83. The van der Waals surface area contributed by atoms with Crippen molar-refractivity contribution >= 4 is 33.2 Å². The quantitative estimate of drug-likeness (QED) is 0.809. The van der Waals surface area contributed by atoms with Crippen LogP contribution < -0.4 is 5.32 Å². The summed E-state index contributed by atoms with van der Waals surface area (Å²) in [5.41, 5.74) is 1.02. The predicted molar refractivity (Wildman–Crippen MR) is 69.6 cm³/mol. The van der Waals surface area contributed by atoms with Gasteiger partial charge in [-0.3, -0.25) is 0 Å². The van der Waals surface area contributed by atoms with Crippen molar-refractivity contribution < 1.29 is 0 Å². The number of anilines is 1. The summed E-state index contributed by atoms with van der Waals surface area (Å²) in [6, 6.07) is 2.48.